The van der Waals surface area contributed by atoms with Crippen LogP contribution in [0.3, 0.4) is 0 Å². The molecule has 1 N–H and O–H groups in total. The number of aryl methyl sites for hydroxylation is 1. The van der Waals surface area contributed by atoms with E-state index in [0.717, 1.165) is 31.5 Å². The zero-order valence-corrected chi connectivity index (χ0v) is 18.1. The number of sulfonamides is 1. The first-order valence-corrected chi connectivity index (χ1v) is 11.4. The number of amides is 1. The Kier molecular flexibility index (Phi) is 6.70. The van der Waals surface area contributed by atoms with Gasteiger partial charge in [-0.1, -0.05) is 36.2 Å². The summed E-state index contributed by atoms with van der Waals surface area (Å²) in [5, 5.41) is 0.136. The molecule has 0 radical (unpaired) electrons. The molecule has 1 aliphatic heterocycles. The summed E-state index contributed by atoms with van der Waals surface area (Å²) in [5.41, 5.74) is 1.50. The number of benzene rings is 2. The molecule has 1 heterocycles. The molecular weight excluding hydrogens is 412 g/mol. The summed E-state index contributed by atoms with van der Waals surface area (Å²) in [7, 11) is -3.78. The summed E-state index contributed by atoms with van der Waals surface area (Å²) in [5.74, 6) is 0.822. The fourth-order valence-corrected chi connectivity index (χ4v) is 4.47. The van der Waals surface area contributed by atoms with Crippen LogP contribution in [0.25, 0.3) is 0 Å². The van der Waals surface area contributed by atoms with Crippen LogP contribution in [0, 0.1) is 12.8 Å². The number of carbonyl (C=O) groups excluding carboxylic acids is 1. The van der Waals surface area contributed by atoms with Gasteiger partial charge in [-0.3, -0.25) is 9.52 Å². The molecule has 1 fully saturated rings. The van der Waals surface area contributed by atoms with Gasteiger partial charge in [0.05, 0.1) is 9.92 Å². The first-order valence-electron chi connectivity index (χ1n) is 9.54. The Morgan fingerprint density at radius 1 is 1.17 bits per heavy atom. The van der Waals surface area contributed by atoms with E-state index in [0.29, 0.717) is 11.6 Å². The van der Waals surface area contributed by atoms with Gasteiger partial charge in [0.25, 0.3) is 15.9 Å². The molecular formula is C21H25ClN2O4S. The third kappa shape index (κ3) is 5.64. The number of piperidine rings is 1. The number of nitrogens with zero attached hydrogens (tertiary/aromatic N) is 1. The molecule has 3 rings (SSSR count). The van der Waals surface area contributed by atoms with Crippen molar-refractivity contribution in [1.29, 1.82) is 0 Å². The van der Waals surface area contributed by atoms with E-state index in [2.05, 4.69) is 11.6 Å². The van der Waals surface area contributed by atoms with Crippen LogP contribution in [0.1, 0.15) is 25.3 Å². The Bertz CT molecular complexity index is 969. The van der Waals surface area contributed by atoms with E-state index in [1.54, 1.807) is 17.0 Å². The third-order valence-corrected chi connectivity index (χ3v) is 6.68. The lowest BCUT2D eigenvalue weighted by atomic mass is 9.99. The van der Waals surface area contributed by atoms with Gasteiger partial charge in [-0.05, 0) is 56.0 Å². The molecule has 156 valence electrons. The van der Waals surface area contributed by atoms with Crippen molar-refractivity contribution >= 4 is 33.2 Å². The summed E-state index contributed by atoms with van der Waals surface area (Å²) in [6.45, 7) is 5.45. The van der Waals surface area contributed by atoms with Crippen molar-refractivity contribution in [3.05, 3.63) is 53.1 Å². The molecule has 2 aromatic rings. The number of carbonyl (C=O) groups is 1. The van der Waals surface area contributed by atoms with Crippen LogP contribution >= 0.6 is 11.6 Å². The predicted octanol–water partition coefficient (Wildman–Crippen LogP) is 4.09. The molecule has 8 heteroatoms. The molecule has 0 bridgehead atoms. The molecule has 1 saturated heterocycles. The van der Waals surface area contributed by atoms with E-state index in [-0.39, 0.29) is 28.2 Å². The fraction of sp³-hybridized carbons (Fsp3) is 0.381. The molecule has 0 aromatic heterocycles. The van der Waals surface area contributed by atoms with E-state index in [1.807, 2.05) is 19.1 Å². The lowest BCUT2D eigenvalue weighted by Crippen LogP contribution is -2.40. The van der Waals surface area contributed by atoms with Crippen LogP contribution in [0.5, 0.6) is 5.75 Å². The van der Waals surface area contributed by atoms with Crippen LogP contribution in [0.15, 0.2) is 47.4 Å². The molecule has 0 spiro atoms. The van der Waals surface area contributed by atoms with E-state index < -0.39 is 10.0 Å². The maximum absolute atomic E-state index is 12.6. The van der Waals surface area contributed by atoms with Crippen molar-refractivity contribution in [3.63, 3.8) is 0 Å². The monoisotopic (exact) mass is 436 g/mol. The van der Waals surface area contributed by atoms with Crippen molar-refractivity contribution in [2.75, 3.05) is 24.4 Å². The van der Waals surface area contributed by atoms with Gasteiger partial charge in [-0.25, -0.2) is 8.42 Å². The van der Waals surface area contributed by atoms with Gasteiger partial charge >= 0.3 is 0 Å². The molecule has 1 amide bonds. The second kappa shape index (κ2) is 9.05. The maximum atomic E-state index is 12.6. The topological polar surface area (TPSA) is 75.7 Å². The maximum Gasteiger partial charge on any atom is 0.261 e. The fourth-order valence-electron chi connectivity index (χ4n) is 3.09. The standard InChI is InChI=1S/C21H25ClN2O4S/c1-15-3-5-17(6-4-15)23-29(26,27)18-7-8-20(19(22)13-18)28-14-21(25)24-11-9-16(2)10-12-24/h3-8,13,16,23H,9-12,14H2,1-2H3. The molecule has 29 heavy (non-hydrogen) atoms. The van der Waals surface area contributed by atoms with Crippen LogP contribution in [-0.4, -0.2) is 38.9 Å². The van der Waals surface area contributed by atoms with Gasteiger partial charge < -0.3 is 9.64 Å². The number of hydrogen-bond acceptors (Lipinski definition) is 4. The zero-order valence-electron chi connectivity index (χ0n) is 16.5. The number of ether oxygens (including phenoxy) is 1. The molecule has 0 unspecified atom stereocenters. The molecule has 6 nitrogen and oxygen atoms in total. The average molecular weight is 437 g/mol. The number of anilines is 1. The highest BCUT2D eigenvalue weighted by atomic mass is 35.5. The summed E-state index contributed by atoms with van der Waals surface area (Å²) in [6.07, 6.45) is 1.99. The highest BCUT2D eigenvalue weighted by Crippen LogP contribution is 2.28. The van der Waals surface area contributed by atoms with Crippen molar-refractivity contribution in [2.24, 2.45) is 5.92 Å². The smallest absolute Gasteiger partial charge is 0.261 e. The van der Waals surface area contributed by atoms with Gasteiger partial charge in [-0.2, -0.15) is 0 Å². The first-order chi connectivity index (χ1) is 13.7. The Morgan fingerprint density at radius 2 is 1.83 bits per heavy atom. The van der Waals surface area contributed by atoms with E-state index in [4.69, 9.17) is 16.3 Å². The minimum atomic E-state index is -3.78. The zero-order chi connectivity index (χ0) is 21.0. The highest BCUT2D eigenvalue weighted by molar-refractivity contribution is 7.92. The second-order valence-corrected chi connectivity index (χ2v) is 9.51. The molecule has 1 aliphatic rings. The van der Waals surface area contributed by atoms with E-state index in [9.17, 15) is 13.2 Å². The van der Waals surface area contributed by atoms with Gasteiger partial charge in [-0.15, -0.1) is 0 Å². The number of rotatable bonds is 6. The minimum absolute atomic E-state index is 0.0202. The average Bonchev–Trinajstić information content (AvgIpc) is 2.69. The van der Waals surface area contributed by atoms with Gasteiger partial charge in [0.15, 0.2) is 6.61 Å². The van der Waals surface area contributed by atoms with Crippen molar-refractivity contribution in [2.45, 2.75) is 31.6 Å². The summed E-state index contributed by atoms with van der Waals surface area (Å²) in [4.78, 5) is 14.1. The normalized spacial score (nSPS) is 15.2. The van der Waals surface area contributed by atoms with E-state index >= 15 is 0 Å². The lowest BCUT2D eigenvalue weighted by Gasteiger charge is -2.30. The summed E-state index contributed by atoms with van der Waals surface area (Å²) < 4.78 is 33.2. The molecule has 2 aromatic carbocycles. The predicted molar refractivity (Wildman–Crippen MR) is 114 cm³/mol. The van der Waals surface area contributed by atoms with Crippen molar-refractivity contribution in [1.82, 2.24) is 4.90 Å². The lowest BCUT2D eigenvalue weighted by molar-refractivity contribution is -0.134. The Balaban J connectivity index is 1.63. The Morgan fingerprint density at radius 3 is 2.45 bits per heavy atom. The number of hydrogen-bond donors (Lipinski definition) is 1. The van der Waals surface area contributed by atoms with Crippen molar-refractivity contribution in [3.8, 4) is 5.75 Å². The minimum Gasteiger partial charge on any atom is -0.482 e. The summed E-state index contributed by atoms with van der Waals surface area (Å²) >= 11 is 6.21. The molecule has 0 atom stereocenters. The third-order valence-electron chi connectivity index (χ3n) is 5.00. The largest absolute Gasteiger partial charge is 0.482 e. The van der Waals surface area contributed by atoms with Crippen LogP contribution in [0.4, 0.5) is 5.69 Å². The van der Waals surface area contributed by atoms with Gasteiger partial charge in [0.2, 0.25) is 0 Å². The van der Waals surface area contributed by atoms with Crippen LogP contribution < -0.4 is 9.46 Å². The van der Waals surface area contributed by atoms with Crippen LogP contribution in [-0.2, 0) is 14.8 Å². The molecule has 0 aliphatic carbocycles. The van der Waals surface area contributed by atoms with Crippen LogP contribution in [0.2, 0.25) is 5.02 Å². The first kappa shape index (κ1) is 21.5. The number of halogens is 1. The van der Waals surface area contributed by atoms with E-state index in [1.165, 1.54) is 18.2 Å². The number of nitrogens with one attached hydrogen (secondary N) is 1. The number of likely N-dealkylation sites (tertiary alicyclic amines) is 1. The van der Waals surface area contributed by atoms with Gasteiger partial charge in [0, 0.05) is 18.8 Å². The highest BCUT2D eigenvalue weighted by Gasteiger charge is 2.21. The SMILES string of the molecule is Cc1ccc(NS(=O)(=O)c2ccc(OCC(=O)N3CCC(C)CC3)c(Cl)c2)cc1. The second-order valence-electron chi connectivity index (χ2n) is 7.42. The summed E-state index contributed by atoms with van der Waals surface area (Å²) in [6, 6.07) is 11.2. The van der Waals surface area contributed by atoms with Crippen molar-refractivity contribution < 1.29 is 17.9 Å². The Hall–Kier alpha value is -2.25. The quantitative estimate of drug-likeness (QED) is 0.740. The van der Waals surface area contributed by atoms with Gasteiger partial charge in [0.1, 0.15) is 5.75 Å². The molecule has 0 saturated carbocycles. The Labute approximate surface area is 176 Å².